The maximum Gasteiger partial charge on any atom is 0.239 e. The summed E-state index contributed by atoms with van der Waals surface area (Å²) in [5.74, 6) is -0.267. The largest absolute Gasteiger partial charge is 0.491 e. The minimum Gasteiger partial charge on any atom is -0.491 e. The van der Waals surface area contributed by atoms with Gasteiger partial charge in [-0.3, -0.25) is 4.68 Å². The lowest BCUT2D eigenvalue weighted by molar-refractivity contribution is -0.278. The molecule has 1 fully saturated rings. The first-order valence-electron chi connectivity index (χ1n) is 14.6. The zero-order valence-electron chi connectivity index (χ0n) is 26.7. The number of aliphatic hydroxyl groups is 4. The van der Waals surface area contributed by atoms with Crippen molar-refractivity contribution in [1.82, 2.24) is 9.78 Å². The van der Waals surface area contributed by atoms with Crippen LogP contribution in [-0.4, -0.2) is 73.6 Å². The first-order chi connectivity index (χ1) is 18.8. The molecule has 32 heavy (non-hydrogen) atoms. The van der Waals surface area contributed by atoms with Crippen LogP contribution in [0.4, 0.5) is 0 Å². The van der Waals surface area contributed by atoms with Crippen LogP contribution in [0.25, 0.3) is 0 Å². The number of rotatable bonds is 8. The van der Waals surface area contributed by atoms with Crippen LogP contribution < -0.4 is 9.47 Å². The zero-order valence-corrected chi connectivity index (χ0v) is 17.7. The van der Waals surface area contributed by atoms with Gasteiger partial charge in [-0.15, -0.1) is 5.10 Å². The van der Waals surface area contributed by atoms with Crippen molar-refractivity contribution < 1.29 is 47.0 Å². The van der Waals surface area contributed by atoms with Crippen molar-refractivity contribution in [2.24, 2.45) is 0 Å². The summed E-state index contributed by atoms with van der Waals surface area (Å²) >= 11 is 0. The molecule has 0 unspecified atom stereocenters. The predicted molar refractivity (Wildman–Crippen MR) is 117 cm³/mol. The second-order valence-electron chi connectivity index (χ2n) is 7.80. The lowest BCUT2D eigenvalue weighted by Crippen LogP contribution is -2.60. The Bertz CT molecular complexity index is 1150. The summed E-state index contributed by atoms with van der Waals surface area (Å²) in [6, 6.07) is 5.22. The topological polar surface area (TPSA) is 126 Å². The van der Waals surface area contributed by atoms with Crippen LogP contribution in [0.5, 0.6) is 11.6 Å². The molecule has 2 aromatic rings. The molecule has 3 rings (SSSR count). The van der Waals surface area contributed by atoms with Gasteiger partial charge in [-0.05, 0) is 52.1 Å². The molecule has 0 aliphatic carbocycles. The summed E-state index contributed by atoms with van der Waals surface area (Å²) in [4.78, 5) is 0. The van der Waals surface area contributed by atoms with E-state index in [1.807, 2.05) is 0 Å². The van der Waals surface area contributed by atoms with E-state index >= 15 is 0 Å². The van der Waals surface area contributed by atoms with Crippen molar-refractivity contribution in [3.8, 4) is 11.6 Å². The van der Waals surface area contributed by atoms with Crippen molar-refractivity contribution in [3.05, 3.63) is 41.1 Å². The maximum atomic E-state index is 10.4. The number of hydrogen-bond donors (Lipinski definition) is 4. The number of ether oxygens (including phenoxy) is 3. The summed E-state index contributed by atoms with van der Waals surface area (Å²) in [6.07, 6.45) is -10.2. The zero-order chi connectivity index (χ0) is 31.1. The molecule has 0 saturated carbocycles. The molecular formula is C23H34N2O7. The van der Waals surface area contributed by atoms with E-state index in [4.69, 9.17) is 26.5 Å². The van der Waals surface area contributed by atoms with Gasteiger partial charge in [-0.25, -0.2) is 0 Å². The second kappa shape index (κ2) is 10.2. The predicted octanol–water partition coefficient (Wildman–Crippen LogP) is 1.33. The van der Waals surface area contributed by atoms with Gasteiger partial charge in [-0.1, -0.05) is 12.1 Å². The highest BCUT2D eigenvalue weighted by Crippen LogP contribution is 2.31. The van der Waals surface area contributed by atoms with E-state index in [0.29, 0.717) is 5.56 Å². The molecule has 0 radical (unpaired) electrons. The Hall–Kier alpha value is -2.17. The summed E-state index contributed by atoms with van der Waals surface area (Å²) < 4.78 is 87.1. The third-order valence-corrected chi connectivity index (χ3v) is 5.10. The average Bonchev–Trinajstić information content (AvgIpc) is 3.21. The Labute approximate surface area is 200 Å². The molecule has 1 aliphatic rings. The molecule has 5 atom stereocenters. The summed E-state index contributed by atoms with van der Waals surface area (Å²) in [6.45, 7) is -5.80. The monoisotopic (exact) mass is 459 g/mol. The van der Waals surface area contributed by atoms with Gasteiger partial charge in [0.2, 0.25) is 12.2 Å². The highest BCUT2D eigenvalue weighted by Gasteiger charge is 2.45. The van der Waals surface area contributed by atoms with E-state index in [0.717, 1.165) is 0 Å². The fourth-order valence-corrected chi connectivity index (χ4v) is 3.38. The van der Waals surface area contributed by atoms with Crippen LogP contribution in [0.1, 0.15) is 62.8 Å². The van der Waals surface area contributed by atoms with Crippen LogP contribution in [-0.2, 0) is 11.2 Å². The Morgan fingerprint density at radius 3 is 2.44 bits per heavy atom. The van der Waals surface area contributed by atoms with Gasteiger partial charge in [0.1, 0.15) is 30.2 Å². The quantitative estimate of drug-likeness (QED) is 0.466. The number of hydrogen-bond acceptors (Lipinski definition) is 8. The van der Waals surface area contributed by atoms with Crippen molar-refractivity contribution >= 4 is 0 Å². The lowest BCUT2D eigenvalue weighted by Gasteiger charge is -2.39. The minimum atomic E-state index is -2.92. The average molecular weight is 460 g/mol. The van der Waals surface area contributed by atoms with Crippen molar-refractivity contribution in [2.45, 2.75) is 83.7 Å². The third kappa shape index (κ3) is 5.24. The van der Waals surface area contributed by atoms with Gasteiger partial charge in [-0.2, -0.15) is 0 Å². The molecule has 9 nitrogen and oxygen atoms in total. The van der Waals surface area contributed by atoms with E-state index in [9.17, 15) is 20.4 Å². The fraction of sp³-hybridized carbons (Fsp3) is 0.609. The summed E-state index contributed by atoms with van der Waals surface area (Å²) in [5.41, 5.74) is 0.411. The molecule has 4 N–H and O–H groups in total. The van der Waals surface area contributed by atoms with Crippen molar-refractivity contribution in [1.29, 1.82) is 0 Å². The van der Waals surface area contributed by atoms with Gasteiger partial charge >= 0.3 is 0 Å². The van der Waals surface area contributed by atoms with E-state index in [1.165, 1.54) is 28.9 Å². The van der Waals surface area contributed by atoms with Crippen LogP contribution >= 0.6 is 0 Å². The van der Waals surface area contributed by atoms with Gasteiger partial charge in [0.25, 0.3) is 0 Å². The van der Waals surface area contributed by atoms with E-state index in [2.05, 4.69) is 5.10 Å². The number of nitrogens with zero attached hydrogens (tertiary/aromatic N) is 2. The molecule has 0 spiro atoms. The van der Waals surface area contributed by atoms with Crippen LogP contribution in [0.3, 0.4) is 0 Å². The number of aromatic nitrogens is 2. The van der Waals surface area contributed by atoms with Crippen LogP contribution in [0.2, 0.25) is 0 Å². The smallest absolute Gasteiger partial charge is 0.239 e. The highest BCUT2D eigenvalue weighted by atomic mass is 16.7. The Morgan fingerprint density at radius 1 is 1.12 bits per heavy atom. The van der Waals surface area contributed by atoms with Gasteiger partial charge in [0.05, 0.1) is 12.7 Å². The lowest BCUT2D eigenvalue weighted by atomic mass is 9.99. The summed E-state index contributed by atoms with van der Waals surface area (Å²) in [5, 5.41) is 44.4. The standard InChI is InChI=1S/C23H34N2O7/c1-12(2)25-14(5)17(10-15-6-8-16(9-7-15)30-13(3)4)22(24-25)32-23-21(29)20(28)19(27)18(11-26)31-23/h6-9,12-13,18-21,23,26-29H,10-11H2,1-5H3/t18-,19-,20+,21-,23+/m1/s1/i3D3,4D3,5D3. The number of benzene rings is 1. The molecule has 9 heteroatoms. The van der Waals surface area contributed by atoms with E-state index in [-0.39, 0.29) is 29.3 Å². The SMILES string of the molecule is [2H]C([2H])([2H])c1c(Cc2ccc(OC(C([2H])([2H])[2H])C([2H])([2H])[2H])cc2)c(O[C@@H]2O[C@H](CO)[C@@H](O)[C@H](O)[C@H]2O)nn1C(C)C. The fourth-order valence-electron chi connectivity index (χ4n) is 3.38. The van der Waals surface area contributed by atoms with Gasteiger partial charge in [0, 0.05) is 36.1 Å². The summed E-state index contributed by atoms with van der Waals surface area (Å²) in [7, 11) is 0. The Balaban J connectivity index is 1.98. The Kier molecular flexibility index (Phi) is 4.73. The van der Waals surface area contributed by atoms with Gasteiger partial charge in [0.15, 0.2) is 0 Å². The molecular weight excluding hydrogens is 416 g/mol. The van der Waals surface area contributed by atoms with Crippen LogP contribution in [0.15, 0.2) is 24.3 Å². The number of aliphatic hydroxyl groups excluding tert-OH is 4. The normalized spacial score (nSPS) is 31.4. The van der Waals surface area contributed by atoms with E-state index < -0.39 is 70.0 Å². The molecule has 1 saturated heterocycles. The van der Waals surface area contributed by atoms with Crippen molar-refractivity contribution in [2.75, 3.05) is 6.61 Å². The minimum absolute atomic E-state index is 0.0299. The van der Waals surface area contributed by atoms with Crippen LogP contribution in [0, 0.1) is 6.85 Å². The van der Waals surface area contributed by atoms with E-state index in [1.54, 1.807) is 13.8 Å². The molecule has 0 bridgehead atoms. The third-order valence-electron chi connectivity index (χ3n) is 5.10. The molecule has 2 heterocycles. The molecule has 178 valence electrons. The molecule has 1 aliphatic heterocycles. The molecule has 1 aromatic carbocycles. The highest BCUT2D eigenvalue weighted by molar-refractivity contribution is 5.38. The first-order valence-corrected chi connectivity index (χ1v) is 10.1. The maximum absolute atomic E-state index is 10.4. The second-order valence-corrected chi connectivity index (χ2v) is 7.80. The van der Waals surface area contributed by atoms with Crippen molar-refractivity contribution in [3.63, 3.8) is 0 Å². The first kappa shape index (κ1) is 14.9. The Morgan fingerprint density at radius 2 is 1.84 bits per heavy atom. The molecule has 1 aromatic heterocycles. The van der Waals surface area contributed by atoms with Gasteiger partial charge < -0.3 is 34.6 Å². The molecule has 0 amide bonds.